The van der Waals surface area contributed by atoms with E-state index in [1.807, 2.05) is 20.8 Å². The average molecular weight is 312 g/mol. The van der Waals surface area contributed by atoms with Crippen molar-refractivity contribution in [3.8, 4) is 0 Å². The van der Waals surface area contributed by atoms with Crippen LogP contribution in [-0.4, -0.2) is 90.2 Å². The molecule has 0 aromatic rings. The Morgan fingerprint density at radius 3 is 2.27 bits per heavy atom. The summed E-state index contributed by atoms with van der Waals surface area (Å²) in [6.45, 7) is 11.3. The maximum atomic E-state index is 12.1. The zero-order valence-electron chi connectivity index (χ0n) is 13.8. The van der Waals surface area contributed by atoms with Gasteiger partial charge >= 0.3 is 6.03 Å². The number of imide groups is 1. The number of amides is 3. The minimum Gasteiger partial charge on any atom is -0.391 e. The lowest BCUT2D eigenvalue weighted by molar-refractivity contribution is -0.129. The van der Waals surface area contributed by atoms with Crippen molar-refractivity contribution in [2.75, 3.05) is 52.4 Å². The van der Waals surface area contributed by atoms with E-state index in [0.29, 0.717) is 26.2 Å². The van der Waals surface area contributed by atoms with Crippen molar-refractivity contribution in [3.05, 3.63) is 0 Å². The third-order valence-electron chi connectivity index (χ3n) is 4.41. The number of carbonyl (C=O) groups is 2. The first-order chi connectivity index (χ1) is 10.3. The lowest BCUT2D eigenvalue weighted by Crippen LogP contribution is -2.52. The molecular formula is C15H28N4O3. The van der Waals surface area contributed by atoms with Gasteiger partial charge in [-0.3, -0.25) is 19.5 Å². The Labute approximate surface area is 132 Å². The second-order valence-corrected chi connectivity index (χ2v) is 7.24. The third-order valence-corrected chi connectivity index (χ3v) is 4.41. The Bertz CT molecular complexity index is 414. The third kappa shape index (κ3) is 4.41. The summed E-state index contributed by atoms with van der Waals surface area (Å²) < 4.78 is 0. The number of aliphatic hydroxyl groups excluding tert-OH is 1. The number of rotatable bonds is 4. The largest absolute Gasteiger partial charge is 0.391 e. The highest BCUT2D eigenvalue weighted by atomic mass is 16.3. The van der Waals surface area contributed by atoms with Crippen LogP contribution in [0.4, 0.5) is 4.79 Å². The molecule has 7 heteroatoms. The van der Waals surface area contributed by atoms with E-state index in [9.17, 15) is 14.7 Å². The number of β-amino-alcohol motifs (C(OH)–C–C–N with tert-alkyl or cyclic N) is 1. The van der Waals surface area contributed by atoms with Crippen LogP contribution in [0.25, 0.3) is 0 Å². The number of aliphatic hydroxyl groups is 1. The van der Waals surface area contributed by atoms with E-state index in [1.54, 1.807) is 0 Å². The lowest BCUT2D eigenvalue weighted by atomic mass is 9.89. The van der Waals surface area contributed by atoms with Crippen molar-refractivity contribution in [2.45, 2.75) is 26.9 Å². The quantitative estimate of drug-likeness (QED) is 0.736. The molecule has 2 saturated heterocycles. The number of hydrogen-bond donors (Lipinski definition) is 2. The SMILES string of the molecule is CC(C)(C)[C@@H](O)CN1CCN(CC(=O)N2CCNC2=O)CC1. The van der Waals surface area contributed by atoms with Gasteiger partial charge in [0.1, 0.15) is 0 Å². The molecule has 0 aromatic carbocycles. The Hall–Kier alpha value is -1.18. The van der Waals surface area contributed by atoms with Crippen LogP contribution in [0.2, 0.25) is 0 Å². The van der Waals surface area contributed by atoms with Crippen LogP contribution in [0, 0.1) is 5.41 Å². The second kappa shape index (κ2) is 6.93. The number of nitrogens with one attached hydrogen (secondary N) is 1. The van der Waals surface area contributed by atoms with Crippen LogP contribution in [-0.2, 0) is 4.79 Å². The molecule has 2 rings (SSSR count). The lowest BCUT2D eigenvalue weighted by Gasteiger charge is -2.37. The highest BCUT2D eigenvalue weighted by Gasteiger charge is 2.30. The van der Waals surface area contributed by atoms with Gasteiger partial charge in [-0.1, -0.05) is 20.8 Å². The minimum absolute atomic E-state index is 0.115. The first kappa shape index (κ1) is 17.2. The second-order valence-electron chi connectivity index (χ2n) is 7.24. The van der Waals surface area contributed by atoms with Crippen LogP contribution >= 0.6 is 0 Å². The summed E-state index contributed by atoms with van der Waals surface area (Å²) >= 11 is 0. The summed E-state index contributed by atoms with van der Waals surface area (Å²) in [6.07, 6.45) is -0.353. The molecule has 22 heavy (non-hydrogen) atoms. The first-order valence-corrected chi connectivity index (χ1v) is 7.98. The fraction of sp³-hybridized carbons (Fsp3) is 0.867. The topological polar surface area (TPSA) is 76.1 Å². The molecule has 0 radical (unpaired) electrons. The van der Waals surface area contributed by atoms with Gasteiger partial charge in [-0.2, -0.15) is 0 Å². The summed E-state index contributed by atoms with van der Waals surface area (Å²) in [5.74, 6) is -0.127. The van der Waals surface area contributed by atoms with Crippen LogP contribution in [0.5, 0.6) is 0 Å². The molecule has 3 amide bonds. The molecule has 2 heterocycles. The maximum Gasteiger partial charge on any atom is 0.324 e. The summed E-state index contributed by atoms with van der Waals surface area (Å²) in [5.41, 5.74) is -0.115. The van der Waals surface area contributed by atoms with Crippen LogP contribution in [0.15, 0.2) is 0 Å². The van der Waals surface area contributed by atoms with Crippen molar-refractivity contribution in [1.82, 2.24) is 20.0 Å². The zero-order valence-corrected chi connectivity index (χ0v) is 13.8. The van der Waals surface area contributed by atoms with Crippen molar-refractivity contribution < 1.29 is 14.7 Å². The van der Waals surface area contributed by atoms with E-state index in [2.05, 4.69) is 15.1 Å². The molecular weight excluding hydrogens is 284 g/mol. The van der Waals surface area contributed by atoms with Crippen molar-refractivity contribution in [3.63, 3.8) is 0 Å². The number of hydrogen-bond acceptors (Lipinski definition) is 5. The molecule has 2 fully saturated rings. The smallest absolute Gasteiger partial charge is 0.324 e. The fourth-order valence-corrected chi connectivity index (χ4v) is 2.63. The van der Waals surface area contributed by atoms with Crippen LogP contribution in [0.1, 0.15) is 20.8 Å². The fourth-order valence-electron chi connectivity index (χ4n) is 2.63. The van der Waals surface area contributed by atoms with E-state index < -0.39 is 0 Å². The van der Waals surface area contributed by atoms with Gasteiger partial charge < -0.3 is 10.4 Å². The summed E-state index contributed by atoms with van der Waals surface area (Å²) in [6, 6.07) is -0.281. The molecule has 0 aromatic heterocycles. The Morgan fingerprint density at radius 1 is 1.18 bits per heavy atom. The molecule has 126 valence electrons. The van der Waals surface area contributed by atoms with E-state index in [0.717, 1.165) is 26.2 Å². The minimum atomic E-state index is -0.353. The van der Waals surface area contributed by atoms with Crippen molar-refractivity contribution >= 4 is 11.9 Å². The molecule has 0 unspecified atom stereocenters. The zero-order chi connectivity index (χ0) is 16.3. The summed E-state index contributed by atoms with van der Waals surface area (Å²) in [7, 11) is 0. The van der Waals surface area contributed by atoms with E-state index in [4.69, 9.17) is 0 Å². The number of urea groups is 1. The van der Waals surface area contributed by atoms with E-state index >= 15 is 0 Å². The maximum absolute atomic E-state index is 12.1. The van der Waals surface area contributed by atoms with Gasteiger partial charge in [-0.15, -0.1) is 0 Å². The number of piperazine rings is 1. The summed E-state index contributed by atoms with van der Waals surface area (Å²) in [5, 5.41) is 12.8. The van der Waals surface area contributed by atoms with Crippen LogP contribution in [0.3, 0.4) is 0 Å². The molecule has 2 aliphatic heterocycles. The Balaban J connectivity index is 1.73. The van der Waals surface area contributed by atoms with Crippen molar-refractivity contribution in [2.24, 2.45) is 5.41 Å². The highest BCUT2D eigenvalue weighted by molar-refractivity contribution is 5.96. The highest BCUT2D eigenvalue weighted by Crippen LogP contribution is 2.20. The van der Waals surface area contributed by atoms with E-state index in [1.165, 1.54) is 4.90 Å². The van der Waals surface area contributed by atoms with Gasteiger partial charge in [0.25, 0.3) is 0 Å². The van der Waals surface area contributed by atoms with Crippen molar-refractivity contribution in [1.29, 1.82) is 0 Å². The number of carbonyl (C=O) groups excluding carboxylic acids is 2. The van der Waals surface area contributed by atoms with Gasteiger partial charge in [0.2, 0.25) is 5.91 Å². The Kier molecular flexibility index (Phi) is 5.41. The predicted octanol–water partition coefficient (Wildman–Crippen LogP) is -0.437. The normalized spacial score (nSPS) is 22.7. The van der Waals surface area contributed by atoms with Gasteiger partial charge in [-0.25, -0.2) is 4.79 Å². The monoisotopic (exact) mass is 312 g/mol. The standard InChI is InChI=1S/C15H28N4O3/c1-15(2,3)12(20)10-17-6-8-18(9-7-17)11-13(21)19-5-4-16-14(19)22/h12,20H,4-11H2,1-3H3,(H,16,22)/t12-/m0/s1. The molecule has 7 nitrogen and oxygen atoms in total. The van der Waals surface area contributed by atoms with Gasteiger partial charge in [0, 0.05) is 45.8 Å². The molecule has 0 aliphatic carbocycles. The Morgan fingerprint density at radius 2 is 1.77 bits per heavy atom. The molecule has 2 N–H and O–H groups in total. The van der Waals surface area contributed by atoms with Gasteiger partial charge in [-0.05, 0) is 5.41 Å². The predicted molar refractivity (Wildman–Crippen MR) is 83.5 cm³/mol. The summed E-state index contributed by atoms with van der Waals surface area (Å²) in [4.78, 5) is 29.1. The molecule has 0 saturated carbocycles. The first-order valence-electron chi connectivity index (χ1n) is 7.98. The molecule has 1 atom stereocenters. The molecule has 0 bridgehead atoms. The van der Waals surface area contributed by atoms with Gasteiger partial charge in [0.05, 0.1) is 12.6 Å². The van der Waals surface area contributed by atoms with Crippen LogP contribution < -0.4 is 5.32 Å². The molecule has 0 spiro atoms. The van der Waals surface area contributed by atoms with Gasteiger partial charge in [0.15, 0.2) is 0 Å². The molecule has 2 aliphatic rings. The average Bonchev–Trinajstić information content (AvgIpc) is 2.86. The number of nitrogens with zero attached hydrogens (tertiary/aromatic N) is 3. The van der Waals surface area contributed by atoms with E-state index in [-0.39, 0.29) is 23.5 Å².